The van der Waals surface area contributed by atoms with E-state index in [0.717, 1.165) is 12.1 Å². The molecule has 2 aliphatic heterocycles. The average Bonchev–Trinajstić information content (AvgIpc) is 2.47. The van der Waals surface area contributed by atoms with Crippen molar-refractivity contribution in [3.8, 4) is 34.9 Å². The van der Waals surface area contributed by atoms with Gasteiger partial charge in [-0.1, -0.05) is 12.1 Å². The van der Waals surface area contributed by atoms with Crippen LogP contribution in [0.5, 0.6) is 34.9 Å². The van der Waals surface area contributed by atoms with E-state index >= 15 is 0 Å². The van der Waals surface area contributed by atoms with E-state index in [1.165, 1.54) is 0 Å². The average molecular weight is 340 g/mol. The fraction of sp³-hybridized carbons (Fsp3) is 0. The van der Waals surface area contributed by atoms with E-state index in [9.17, 15) is 30.6 Å². The Bertz CT molecular complexity index is 1060. The van der Waals surface area contributed by atoms with Gasteiger partial charge in [-0.05, 0) is 0 Å². The first-order valence-electron chi connectivity index (χ1n) is 5.95. The molecule has 0 spiro atoms. The van der Waals surface area contributed by atoms with Gasteiger partial charge in [0.15, 0.2) is 0 Å². The second-order valence-corrected chi connectivity index (χ2v) is 4.69. The van der Waals surface area contributed by atoms with Crippen LogP contribution in [0.15, 0.2) is 21.0 Å². The first-order valence-corrected chi connectivity index (χ1v) is 5.95. The molecule has 2 aromatic carbocycles. The van der Waals surface area contributed by atoms with Crippen molar-refractivity contribution in [2.45, 2.75) is 0 Å². The van der Waals surface area contributed by atoms with Gasteiger partial charge in [-0.2, -0.15) is 0 Å². The fourth-order valence-electron chi connectivity index (χ4n) is 2.54. The second kappa shape index (κ2) is 11.5. The number of hydrogen-bond acceptors (Lipinski definition) is 8. The van der Waals surface area contributed by atoms with E-state index in [4.69, 9.17) is 8.83 Å². The van der Waals surface area contributed by atoms with Gasteiger partial charge in [0.2, 0.25) is 0 Å². The Morgan fingerprint density at radius 1 is 0.500 bits per heavy atom. The summed E-state index contributed by atoms with van der Waals surface area (Å²) in [6.45, 7) is 0. The second-order valence-electron chi connectivity index (χ2n) is 4.69. The molecule has 14 heteroatoms. The molecule has 0 fully saturated rings. The Hall–Kier alpha value is 0.164. The van der Waals surface area contributed by atoms with E-state index in [2.05, 4.69) is 0 Å². The standard InChI is InChI=1S/C14H8O8.6Li/c15-5-1-3-7-8-4(14(20)22-11(7)9(5)17)2-6(16)10(18)12(8)21-13(3)19;;;;;;/h1-2,15-20H;;;;;;/q;6*+1/p-6. The summed E-state index contributed by atoms with van der Waals surface area (Å²) in [6, 6.07) is 1.51. The quantitative estimate of drug-likeness (QED) is 0.285. The molecule has 0 N–H and O–H groups in total. The molecule has 112 valence electrons. The molecule has 2 aliphatic rings. The molecule has 0 bridgehead atoms. The van der Waals surface area contributed by atoms with Crippen molar-refractivity contribution in [3.05, 3.63) is 22.6 Å². The van der Waals surface area contributed by atoms with Crippen molar-refractivity contribution in [1.82, 2.24) is 0 Å². The van der Waals surface area contributed by atoms with Crippen LogP contribution < -0.4 is 144 Å². The number of benzene rings is 2. The summed E-state index contributed by atoms with van der Waals surface area (Å²) in [4.78, 5) is 0. The van der Waals surface area contributed by atoms with E-state index in [0.29, 0.717) is 0 Å². The SMILES string of the molecule is [Li+].[Li+].[Li+].[Li+].[Li+].[Li+].[O-]c1cc2c([O-])oc3c([O-])c([O-])cc4c([O-])oc(c1[O-])c2=c43. The van der Waals surface area contributed by atoms with E-state index in [-0.39, 0.29) is 134 Å². The smallest absolute Gasteiger partial charge is 0.873 e. The van der Waals surface area contributed by atoms with Crippen LogP contribution in [0.4, 0.5) is 0 Å². The third kappa shape index (κ3) is 4.58. The molecule has 2 heterocycles. The minimum atomic E-state index is -1.11. The van der Waals surface area contributed by atoms with Crippen molar-refractivity contribution in [2.24, 2.45) is 0 Å². The summed E-state index contributed by atoms with van der Waals surface area (Å²) < 4.78 is 9.57. The molecule has 0 saturated heterocycles. The van der Waals surface area contributed by atoms with Crippen LogP contribution in [0.3, 0.4) is 0 Å². The molecular formula is C14H2Li6O8. The zero-order chi connectivity index (χ0) is 15.8. The largest absolute Gasteiger partial charge is 1.00 e. The molecule has 2 aromatic rings. The number of rotatable bonds is 0. The van der Waals surface area contributed by atoms with Crippen LogP contribution in [-0.2, 0) is 0 Å². The Kier molecular flexibility index (Phi) is 13.5. The molecule has 4 rings (SSSR count). The summed E-state index contributed by atoms with van der Waals surface area (Å²) in [7, 11) is 0. The normalized spacial score (nSPS) is 9.29. The van der Waals surface area contributed by atoms with Gasteiger partial charge in [-0.15, -0.1) is 23.0 Å². The van der Waals surface area contributed by atoms with Crippen LogP contribution in [0.25, 0.3) is 21.9 Å². The molecule has 0 amide bonds. The van der Waals surface area contributed by atoms with Gasteiger partial charge >= 0.3 is 113 Å². The summed E-state index contributed by atoms with van der Waals surface area (Å²) in [5, 5.41) is 69.7. The van der Waals surface area contributed by atoms with Crippen molar-refractivity contribution >= 4 is 21.9 Å². The first-order chi connectivity index (χ1) is 10.4. The van der Waals surface area contributed by atoms with Gasteiger partial charge < -0.3 is 39.5 Å². The van der Waals surface area contributed by atoms with Crippen molar-refractivity contribution < 1.29 is 153 Å². The fourth-order valence-corrected chi connectivity index (χ4v) is 2.54. The first kappa shape index (κ1) is 32.8. The van der Waals surface area contributed by atoms with Crippen LogP contribution in [0.1, 0.15) is 0 Å². The third-order valence-electron chi connectivity index (χ3n) is 3.48. The molecule has 0 aromatic heterocycles. The van der Waals surface area contributed by atoms with E-state index in [1.807, 2.05) is 0 Å². The van der Waals surface area contributed by atoms with Crippen LogP contribution in [0, 0.1) is 10.4 Å². The third-order valence-corrected chi connectivity index (χ3v) is 3.48. The minimum Gasteiger partial charge on any atom is -0.873 e. The molecule has 0 atom stereocenters. The Balaban J connectivity index is -0.00000104. The molecule has 0 radical (unpaired) electrons. The van der Waals surface area contributed by atoms with Gasteiger partial charge in [-0.25, -0.2) is 0 Å². The Labute approximate surface area is 229 Å². The zero-order valence-electron chi connectivity index (χ0n) is 16.4. The molecule has 0 saturated carbocycles. The van der Waals surface area contributed by atoms with Gasteiger partial charge in [0.1, 0.15) is 0 Å². The van der Waals surface area contributed by atoms with Crippen LogP contribution in [0.2, 0.25) is 0 Å². The number of hydrogen-bond donors (Lipinski definition) is 0. The summed E-state index contributed by atoms with van der Waals surface area (Å²) in [5.41, 5.74) is -1.26. The van der Waals surface area contributed by atoms with E-state index in [1.54, 1.807) is 0 Å². The predicted octanol–water partition coefficient (Wildman–Crippen LogP) is -19.6. The molecule has 8 nitrogen and oxygen atoms in total. The maximum Gasteiger partial charge on any atom is 1.00 e. The van der Waals surface area contributed by atoms with Gasteiger partial charge in [0, 0.05) is 32.4 Å². The van der Waals surface area contributed by atoms with Crippen LogP contribution >= 0.6 is 0 Å². The maximum atomic E-state index is 11.9. The monoisotopic (exact) mass is 340 g/mol. The minimum absolute atomic E-state index is 0. The predicted molar refractivity (Wildman–Crippen MR) is 58.0 cm³/mol. The zero-order valence-corrected chi connectivity index (χ0v) is 16.4. The topological polar surface area (TPSA) is 165 Å². The van der Waals surface area contributed by atoms with E-state index < -0.39 is 46.1 Å². The Morgan fingerprint density at radius 3 is 1.07 bits per heavy atom. The van der Waals surface area contributed by atoms with Crippen molar-refractivity contribution in [2.75, 3.05) is 0 Å². The van der Waals surface area contributed by atoms with Gasteiger partial charge in [0.05, 0.1) is 11.9 Å². The van der Waals surface area contributed by atoms with Crippen LogP contribution in [-0.4, -0.2) is 0 Å². The molecule has 0 aliphatic carbocycles. The molecular weight excluding hydrogens is 338 g/mol. The molecule has 0 unspecified atom stereocenters. The van der Waals surface area contributed by atoms with Crippen molar-refractivity contribution in [1.29, 1.82) is 0 Å². The molecule has 28 heavy (non-hydrogen) atoms. The summed E-state index contributed by atoms with van der Waals surface area (Å²) >= 11 is 0. The maximum absolute atomic E-state index is 11.9. The van der Waals surface area contributed by atoms with Gasteiger partial charge in [-0.3, -0.25) is 0 Å². The van der Waals surface area contributed by atoms with Crippen molar-refractivity contribution in [3.63, 3.8) is 0 Å². The Morgan fingerprint density at radius 2 is 0.786 bits per heavy atom. The summed E-state index contributed by atoms with van der Waals surface area (Å²) in [6.07, 6.45) is 0. The van der Waals surface area contributed by atoms with Gasteiger partial charge in [0.25, 0.3) is 0 Å². The summed E-state index contributed by atoms with van der Waals surface area (Å²) in [5.74, 6) is -6.48.